The molecule has 4 unspecified atom stereocenters. The van der Waals surface area contributed by atoms with E-state index >= 15 is 0 Å². The molecule has 1 heterocycles. The van der Waals surface area contributed by atoms with Crippen molar-refractivity contribution >= 4 is 17.2 Å². The van der Waals surface area contributed by atoms with E-state index in [0.717, 1.165) is 24.0 Å². The summed E-state index contributed by atoms with van der Waals surface area (Å²) in [6.07, 6.45) is 18.5. The Balaban J connectivity index is 1.58. The first-order chi connectivity index (χ1) is 13.2. The lowest BCUT2D eigenvalue weighted by Crippen LogP contribution is -2.58. The quantitative estimate of drug-likeness (QED) is 0.599. The van der Waals surface area contributed by atoms with E-state index in [1.165, 1.54) is 44.9 Å². The monoisotopic (exact) mass is 400 g/mol. The molecule has 0 aromatic heterocycles. The Morgan fingerprint density at radius 3 is 2.36 bits per heavy atom. The number of nitrogens with one attached hydrogen (secondary N) is 2. The number of thiocarbonyl (C=S) groups is 1. The van der Waals surface area contributed by atoms with Crippen molar-refractivity contribution in [2.75, 3.05) is 13.1 Å². The van der Waals surface area contributed by atoms with Crippen LogP contribution < -0.4 is 10.6 Å². The minimum atomic E-state index is 0.121. The highest BCUT2D eigenvalue weighted by Crippen LogP contribution is 2.68. The summed E-state index contributed by atoms with van der Waals surface area (Å²) in [7, 11) is 0. The van der Waals surface area contributed by atoms with Gasteiger partial charge in [-0.05, 0) is 86.6 Å². The lowest BCUT2D eigenvalue weighted by Gasteiger charge is -2.64. The molecule has 0 spiro atoms. The molecule has 2 N–H and O–H groups in total. The lowest BCUT2D eigenvalue weighted by molar-refractivity contribution is -0.118. The van der Waals surface area contributed by atoms with Crippen molar-refractivity contribution in [2.24, 2.45) is 34.0 Å². The molecule has 2 bridgehead atoms. The van der Waals surface area contributed by atoms with Crippen LogP contribution in [0.2, 0.25) is 0 Å². The lowest BCUT2D eigenvalue weighted by atomic mass is 9.41. The summed E-state index contributed by atoms with van der Waals surface area (Å²) in [6, 6.07) is 0.561. The fraction of sp³-hybridized carbons (Fsp3) is 0.800. The van der Waals surface area contributed by atoms with E-state index in [4.69, 9.17) is 12.2 Å². The van der Waals surface area contributed by atoms with Crippen LogP contribution in [-0.4, -0.2) is 24.1 Å². The number of hydrogen-bond acceptors (Lipinski definition) is 2. The number of allylic oxidation sites excluding steroid dienone is 4. The maximum atomic E-state index is 6.14. The molecule has 0 radical (unpaired) electrons. The average molecular weight is 401 g/mol. The normalized spacial score (nSPS) is 46.4. The topological polar surface area (TPSA) is 24.1 Å². The van der Waals surface area contributed by atoms with Crippen LogP contribution in [0.15, 0.2) is 24.3 Å². The van der Waals surface area contributed by atoms with Gasteiger partial charge in [0.25, 0.3) is 0 Å². The SMILES string of the molecule is CC1CC2(C)CC(C3C=CC=CC3C)(C2)CC(C)(C(=S)NC2CCNCC2)C1. The Bertz CT molecular complexity index is 653. The molecule has 1 aliphatic heterocycles. The highest BCUT2D eigenvalue weighted by Gasteiger charge is 2.60. The molecule has 156 valence electrons. The molecular formula is C25H40N2S. The van der Waals surface area contributed by atoms with Gasteiger partial charge in [0.15, 0.2) is 0 Å². The molecule has 4 atom stereocenters. The summed E-state index contributed by atoms with van der Waals surface area (Å²) < 4.78 is 0. The number of rotatable bonds is 3. The van der Waals surface area contributed by atoms with Gasteiger partial charge in [-0.25, -0.2) is 0 Å². The highest BCUT2D eigenvalue weighted by molar-refractivity contribution is 7.80. The predicted octanol–water partition coefficient (Wildman–Crippen LogP) is 5.65. The van der Waals surface area contributed by atoms with Gasteiger partial charge in [0.2, 0.25) is 0 Å². The maximum Gasteiger partial charge on any atom is 0.0815 e. The number of hydrogen-bond donors (Lipinski definition) is 2. The standard InChI is InChI=1S/C25H40N2S/c1-18-13-23(3)15-25(16-23,21-8-6-5-7-19(21)2)17-24(4,14-18)22(28)27-20-9-11-26-12-10-20/h5-8,18-21,26H,9-17H2,1-4H3,(H,27,28). The van der Waals surface area contributed by atoms with Crippen molar-refractivity contribution in [3.05, 3.63) is 24.3 Å². The van der Waals surface area contributed by atoms with E-state index in [9.17, 15) is 0 Å². The van der Waals surface area contributed by atoms with Crippen molar-refractivity contribution in [3.63, 3.8) is 0 Å². The Labute approximate surface area is 178 Å². The van der Waals surface area contributed by atoms with Crippen LogP contribution >= 0.6 is 12.2 Å². The molecule has 4 fully saturated rings. The summed E-state index contributed by atoms with van der Waals surface area (Å²) in [5, 5.41) is 7.31. The molecule has 3 heteroatoms. The summed E-state index contributed by atoms with van der Waals surface area (Å²) in [5.41, 5.74) is 1.08. The van der Waals surface area contributed by atoms with Gasteiger partial charge in [-0.1, -0.05) is 64.2 Å². The van der Waals surface area contributed by atoms with Gasteiger partial charge in [0.05, 0.1) is 4.99 Å². The Morgan fingerprint density at radius 2 is 1.68 bits per heavy atom. The summed E-state index contributed by atoms with van der Waals surface area (Å²) >= 11 is 6.14. The molecule has 0 aromatic rings. The van der Waals surface area contributed by atoms with E-state index in [2.05, 4.69) is 62.6 Å². The van der Waals surface area contributed by atoms with Crippen LogP contribution in [0, 0.1) is 34.0 Å². The average Bonchev–Trinajstić information content (AvgIpc) is 2.60. The molecule has 1 saturated heterocycles. The first kappa shape index (κ1) is 20.6. The zero-order chi connectivity index (χ0) is 20.0. The number of fused-ring (bicyclic) bond motifs is 4. The van der Waals surface area contributed by atoms with Crippen LogP contribution in [0.3, 0.4) is 0 Å². The summed E-state index contributed by atoms with van der Waals surface area (Å²) in [6.45, 7) is 12.1. The molecule has 4 aliphatic carbocycles. The maximum absolute atomic E-state index is 6.14. The minimum Gasteiger partial charge on any atom is -0.376 e. The highest BCUT2D eigenvalue weighted by atomic mass is 32.1. The van der Waals surface area contributed by atoms with Crippen molar-refractivity contribution < 1.29 is 0 Å². The molecule has 0 aromatic carbocycles. The third-order valence-corrected chi connectivity index (χ3v) is 8.89. The van der Waals surface area contributed by atoms with Gasteiger partial charge < -0.3 is 10.6 Å². The first-order valence-electron chi connectivity index (χ1n) is 11.6. The zero-order valence-corrected chi connectivity index (χ0v) is 19.2. The van der Waals surface area contributed by atoms with Crippen LogP contribution in [0.5, 0.6) is 0 Å². The van der Waals surface area contributed by atoms with Gasteiger partial charge in [-0.2, -0.15) is 0 Å². The van der Waals surface area contributed by atoms with Crippen molar-refractivity contribution in [1.29, 1.82) is 0 Å². The second kappa shape index (κ2) is 7.54. The fourth-order valence-electron chi connectivity index (χ4n) is 7.78. The second-order valence-corrected chi connectivity index (χ2v) is 11.8. The van der Waals surface area contributed by atoms with Crippen LogP contribution in [0.25, 0.3) is 0 Å². The molecule has 5 aliphatic rings. The van der Waals surface area contributed by atoms with Crippen LogP contribution in [-0.2, 0) is 0 Å². The van der Waals surface area contributed by atoms with E-state index < -0.39 is 0 Å². The van der Waals surface area contributed by atoms with Gasteiger partial charge >= 0.3 is 0 Å². The van der Waals surface area contributed by atoms with Gasteiger partial charge in [-0.15, -0.1) is 0 Å². The molecule has 3 saturated carbocycles. The van der Waals surface area contributed by atoms with Gasteiger partial charge in [-0.3, -0.25) is 0 Å². The molecule has 28 heavy (non-hydrogen) atoms. The Kier molecular flexibility index (Phi) is 5.55. The van der Waals surface area contributed by atoms with Crippen molar-refractivity contribution in [3.8, 4) is 0 Å². The number of piperidine rings is 1. The van der Waals surface area contributed by atoms with E-state index in [1.54, 1.807) is 0 Å². The molecule has 0 amide bonds. The van der Waals surface area contributed by atoms with Crippen LogP contribution in [0.4, 0.5) is 0 Å². The second-order valence-electron chi connectivity index (χ2n) is 11.4. The first-order valence-corrected chi connectivity index (χ1v) is 12.0. The molecular weight excluding hydrogens is 360 g/mol. The summed E-state index contributed by atoms with van der Waals surface area (Å²) in [4.78, 5) is 1.16. The predicted molar refractivity (Wildman–Crippen MR) is 123 cm³/mol. The molecule has 5 rings (SSSR count). The van der Waals surface area contributed by atoms with Gasteiger partial charge in [0, 0.05) is 11.5 Å². The smallest absolute Gasteiger partial charge is 0.0815 e. The summed E-state index contributed by atoms with van der Waals surface area (Å²) in [5.74, 6) is 2.06. The fourth-order valence-corrected chi connectivity index (χ4v) is 8.10. The van der Waals surface area contributed by atoms with E-state index in [1.807, 2.05) is 0 Å². The third kappa shape index (κ3) is 3.86. The van der Waals surface area contributed by atoms with E-state index in [0.29, 0.717) is 28.7 Å². The van der Waals surface area contributed by atoms with Crippen molar-refractivity contribution in [2.45, 2.75) is 78.7 Å². The van der Waals surface area contributed by atoms with Crippen LogP contribution in [0.1, 0.15) is 72.6 Å². The third-order valence-electron chi connectivity index (χ3n) is 8.28. The van der Waals surface area contributed by atoms with Gasteiger partial charge in [0.1, 0.15) is 0 Å². The minimum absolute atomic E-state index is 0.121. The van der Waals surface area contributed by atoms with E-state index in [-0.39, 0.29) is 5.41 Å². The Morgan fingerprint density at radius 1 is 1.00 bits per heavy atom. The largest absolute Gasteiger partial charge is 0.376 e. The molecule has 2 nitrogen and oxygen atoms in total. The zero-order valence-electron chi connectivity index (χ0n) is 18.4. The Hall–Kier alpha value is -0.670. The van der Waals surface area contributed by atoms with Crippen molar-refractivity contribution in [1.82, 2.24) is 10.6 Å².